The van der Waals surface area contributed by atoms with E-state index in [1.165, 1.54) is 25.7 Å². The highest BCUT2D eigenvalue weighted by molar-refractivity contribution is 6.28. The number of benzene rings is 1. The maximum absolute atomic E-state index is 6.05. The first-order valence-corrected chi connectivity index (χ1v) is 7.63. The molecule has 1 N–H and O–H groups in total. The summed E-state index contributed by atoms with van der Waals surface area (Å²) in [6.45, 7) is 4.66. The Balaban J connectivity index is 1.98. The van der Waals surface area contributed by atoms with Gasteiger partial charge in [0.05, 0.1) is 5.52 Å². The van der Waals surface area contributed by atoms with Gasteiger partial charge in [-0.15, -0.1) is 0 Å². The summed E-state index contributed by atoms with van der Waals surface area (Å²) in [7, 11) is 0. The van der Waals surface area contributed by atoms with Gasteiger partial charge in [-0.2, -0.15) is 0 Å². The number of nitrogens with one attached hydrogen (secondary N) is 1. The second-order valence-electron chi connectivity index (χ2n) is 6.29. The van der Waals surface area contributed by atoms with Crippen LogP contribution in [0.15, 0.2) is 24.3 Å². The topological polar surface area (TPSA) is 37.8 Å². The Labute approximate surface area is 124 Å². The van der Waals surface area contributed by atoms with Gasteiger partial charge in [-0.3, -0.25) is 0 Å². The number of aromatic nitrogens is 2. The molecule has 2 aromatic rings. The number of fused-ring (bicyclic) bond motifs is 1. The zero-order valence-corrected chi connectivity index (χ0v) is 12.7. The molecule has 1 aliphatic rings. The quantitative estimate of drug-likeness (QED) is 0.817. The fraction of sp³-hybridized carbons (Fsp3) is 0.500. The fourth-order valence-electron chi connectivity index (χ4n) is 3.08. The Morgan fingerprint density at radius 1 is 1.20 bits per heavy atom. The highest BCUT2D eigenvalue weighted by Crippen LogP contribution is 2.37. The molecule has 1 aromatic carbocycles. The number of para-hydroxylation sites is 1. The van der Waals surface area contributed by atoms with Gasteiger partial charge < -0.3 is 5.32 Å². The standard InChI is InChI=1S/C16H20ClN3/c1-16(2)10-6-5-9-13(16)19-14-11-7-3-4-8-12(11)18-15(17)20-14/h3-4,7-8,13H,5-6,9-10H2,1-2H3,(H,18,19,20). The van der Waals surface area contributed by atoms with Gasteiger partial charge in [0.15, 0.2) is 0 Å². The molecular weight excluding hydrogens is 270 g/mol. The molecule has 0 aliphatic heterocycles. The molecule has 0 amide bonds. The number of anilines is 1. The molecular formula is C16H20ClN3. The summed E-state index contributed by atoms with van der Waals surface area (Å²) in [6, 6.07) is 8.44. The average molecular weight is 290 g/mol. The molecule has 0 saturated heterocycles. The molecule has 1 heterocycles. The Morgan fingerprint density at radius 2 is 2.00 bits per heavy atom. The van der Waals surface area contributed by atoms with Crippen molar-refractivity contribution in [3.63, 3.8) is 0 Å². The van der Waals surface area contributed by atoms with E-state index in [0.29, 0.717) is 11.3 Å². The average Bonchev–Trinajstić information content (AvgIpc) is 2.41. The van der Waals surface area contributed by atoms with Crippen molar-refractivity contribution < 1.29 is 0 Å². The van der Waals surface area contributed by atoms with Crippen LogP contribution in [0.2, 0.25) is 5.28 Å². The zero-order valence-electron chi connectivity index (χ0n) is 12.0. The minimum absolute atomic E-state index is 0.288. The molecule has 1 unspecified atom stereocenters. The molecule has 4 heteroatoms. The van der Waals surface area contributed by atoms with Gasteiger partial charge in [0.1, 0.15) is 5.82 Å². The van der Waals surface area contributed by atoms with Crippen LogP contribution in [-0.2, 0) is 0 Å². The number of halogens is 1. The Bertz CT molecular complexity index is 624. The van der Waals surface area contributed by atoms with Crippen LogP contribution in [0.3, 0.4) is 0 Å². The van der Waals surface area contributed by atoms with Crippen LogP contribution in [0.25, 0.3) is 10.9 Å². The zero-order chi connectivity index (χ0) is 14.2. The first-order chi connectivity index (χ1) is 9.56. The van der Waals surface area contributed by atoms with Crippen LogP contribution in [-0.4, -0.2) is 16.0 Å². The maximum atomic E-state index is 6.05. The van der Waals surface area contributed by atoms with Crippen LogP contribution in [0.4, 0.5) is 5.82 Å². The van der Waals surface area contributed by atoms with Crippen molar-refractivity contribution in [2.75, 3.05) is 5.32 Å². The van der Waals surface area contributed by atoms with Crippen molar-refractivity contribution in [1.29, 1.82) is 0 Å². The fourth-order valence-corrected chi connectivity index (χ4v) is 3.26. The summed E-state index contributed by atoms with van der Waals surface area (Å²) >= 11 is 6.05. The largest absolute Gasteiger partial charge is 0.366 e. The van der Waals surface area contributed by atoms with Crippen LogP contribution >= 0.6 is 11.6 Å². The second kappa shape index (κ2) is 5.21. The van der Waals surface area contributed by atoms with E-state index in [9.17, 15) is 0 Å². The van der Waals surface area contributed by atoms with E-state index in [2.05, 4.69) is 29.1 Å². The molecule has 3 rings (SSSR count). The molecule has 20 heavy (non-hydrogen) atoms. The Kier molecular flexibility index (Phi) is 3.55. The molecule has 3 nitrogen and oxygen atoms in total. The molecule has 1 aliphatic carbocycles. The second-order valence-corrected chi connectivity index (χ2v) is 6.63. The molecule has 0 bridgehead atoms. The summed E-state index contributed by atoms with van der Waals surface area (Å²) in [5, 5.41) is 4.96. The monoisotopic (exact) mass is 289 g/mol. The third-order valence-electron chi connectivity index (χ3n) is 4.39. The van der Waals surface area contributed by atoms with Gasteiger partial charge >= 0.3 is 0 Å². The first kappa shape index (κ1) is 13.6. The minimum atomic E-state index is 0.288. The minimum Gasteiger partial charge on any atom is -0.366 e. The lowest BCUT2D eigenvalue weighted by Gasteiger charge is -2.39. The summed E-state index contributed by atoms with van der Waals surface area (Å²) in [5.41, 5.74) is 1.18. The van der Waals surface area contributed by atoms with Gasteiger partial charge in [0.25, 0.3) is 0 Å². The molecule has 1 saturated carbocycles. The van der Waals surface area contributed by atoms with Crippen LogP contribution in [0, 0.1) is 5.41 Å². The molecule has 1 atom stereocenters. The normalized spacial score (nSPS) is 21.9. The highest BCUT2D eigenvalue weighted by atomic mass is 35.5. The SMILES string of the molecule is CC1(C)CCCCC1Nc1nc(Cl)nc2ccccc12. The van der Waals surface area contributed by atoms with Crippen molar-refractivity contribution in [3.8, 4) is 0 Å². The Morgan fingerprint density at radius 3 is 2.80 bits per heavy atom. The van der Waals surface area contributed by atoms with Gasteiger partial charge in [-0.1, -0.05) is 38.8 Å². The van der Waals surface area contributed by atoms with Gasteiger partial charge in [-0.05, 0) is 42.0 Å². The van der Waals surface area contributed by atoms with Crippen LogP contribution < -0.4 is 5.32 Å². The Hall–Kier alpha value is -1.35. The van der Waals surface area contributed by atoms with E-state index >= 15 is 0 Å². The highest BCUT2D eigenvalue weighted by Gasteiger charge is 2.32. The predicted molar refractivity (Wildman–Crippen MR) is 84.2 cm³/mol. The number of rotatable bonds is 2. The van der Waals surface area contributed by atoms with Crippen molar-refractivity contribution in [1.82, 2.24) is 9.97 Å². The predicted octanol–water partition coefficient (Wildman–Crippen LogP) is 4.66. The van der Waals surface area contributed by atoms with E-state index < -0.39 is 0 Å². The maximum Gasteiger partial charge on any atom is 0.224 e. The van der Waals surface area contributed by atoms with E-state index in [1.54, 1.807) is 0 Å². The molecule has 0 spiro atoms. The van der Waals surface area contributed by atoms with Gasteiger partial charge in [0.2, 0.25) is 5.28 Å². The number of hydrogen-bond acceptors (Lipinski definition) is 3. The van der Waals surface area contributed by atoms with Gasteiger partial charge in [-0.25, -0.2) is 9.97 Å². The summed E-state index contributed by atoms with van der Waals surface area (Å²) < 4.78 is 0. The molecule has 1 aromatic heterocycles. The number of hydrogen-bond donors (Lipinski definition) is 1. The van der Waals surface area contributed by atoms with E-state index in [0.717, 1.165) is 16.7 Å². The first-order valence-electron chi connectivity index (χ1n) is 7.25. The van der Waals surface area contributed by atoms with E-state index in [-0.39, 0.29) is 5.41 Å². The molecule has 1 fully saturated rings. The molecule has 106 valence electrons. The summed E-state index contributed by atoms with van der Waals surface area (Å²) in [5.74, 6) is 0.862. The third-order valence-corrected chi connectivity index (χ3v) is 4.56. The van der Waals surface area contributed by atoms with Crippen LogP contribution in [0.1, 0.15) is 39.5 Å². The van der Waals surface area contributed by atoms with E-state index in [4.69, 9.17) is 11.6 Å². The van der Waals surface area contributed by atoms with Crippen molar-refractivity contribution in [3.05, 3.63) is 29.5 Å². The van der Waals surface area contributed by atoms with Crippen molar-refractivity contribution >= 4 is 28.3 Å². The van der Waals surface area contributed by atoms with Crippen molar-refractivity contribution in [2.45, 2.75) is 45.6 Å². The molecule has 0 radical (unpaired) electrons. The summed E-state index contributed by atoms with van der Waals surface area (Å²) in [6.07, 6.45) is 5.03. The number of nitrogens with zero attached hydrogens (tertiary/aromatic N) is 2. The van der Waals surface area contributed by atoms with Crippen molar-refractivity contribution in [2.24, 2.45) is 5.41 Å². The van der Waals surface area contributed by atoms with E-state index in [1.807, 2.05) is 24.3 Å². The third kappa shape index (κ3) is 2.59. The summed E-state index contributed by atoms with van der Waals surface area (Å²) in [4.78, 5) is 8.68. The lowest BCUT2D eigenvalue weighted by Crippen LogP contribution is -2.39. The lowest BCUT2D eigenvalue weighted by atomic mass is 9.73. The van der Waals surface area contributed by atoms with Crippen LogP contribution in [0.5, 0.6) is 0 Å². The lowest BCUT2D eigenvalue weighted by molar-refractivity contribution is 0.217. The van der Waals surface area contributed by atoms with Gasteiger partial charge in [0, 0.05) is 11.4 Å². The smallest absolute Gasteiger partial charge is 0.224 e.